The molecule has 0 radical (unpaired) electrons. The van der Waals surface area contributed by atoms with Gasteiger partial charge in [-0.15, -0.1) is 0 Å². The number of fused-ring (bicyclic) bond motifs is 1. The summed E-state index contributed by atoms with van der Waals surface area (Å²) in [7, 11) is 1.76. The van der Waals surface area contributed by atoms with Crippen molar-refractivity contribution < 1.29 is 4.74 Å². The summed E-state index contributed by atoms with van der Waals surface area (Å²) in [6.07, 6.45) is 1.84. The highest BCUT2D eigenvalue weighted by Gasteiger charge is 2.03. The summed E-state index contributed by atoms with van der Waals surface area (Å²) < 4.78 is 5.72. The van der Waals surface area contributed by atoms with Crippen LogP contribution >= 0.6 is 0 Å². The first-order valence-corrected chi connectivity index (χ1v) is 8.73. The fourth-order valence-electron chi connectivity index (χ4n) is 2.68. The topological polar surface area (TPSA) is 58.5 Å². The number of ether oxygens (including phenoxy) is 1. The van der Waals surface area contributed by atoms with Gasteiger partial charge in [-0.3, -0.25) is 9.98 Å². The van der Waals surface area contributed by atoms with E-state index in [1.165, 1.54) is 11.1 Å². The Bertz CT molecular complexity index is 869. The maximum Gasteiger partial charge on any atom is 0.191 e. The van der Waals surface area contributed by atoms with Crippen LogP contribution in [0.2, 0.25) is 0 Å². The smallest absolute Gasteiger partial charge is 0.191 e. The minimum atomic E-state index is 0.571. The van der Waals surface area contributed by atoms with E-state index in [0.717, 1.165) is 22.6 Å². The number of nitrogens with zero attached hydrogens (tertiary/aromatic N) is 2. The number of aromatic nitrogens is 1. The average molecular weight is 348 g/mol. The van der Waals surface area contributed by atoms with E-state index in [-0.39, 0.29) is 0 Å². The van der Waals surface area contributed by atoms with Crippen LogP contribution in [0.1, 0.15) is 11.1 Å². The highest BCUT2D eigenvalue weighted by Crippen LogP contribution is 2.15. The summed E-state index contributed by atoms with van der Waals surface area (Å²) in [6.45, 7) is 3.99. The highest BCUT2D eigenvalue weighted by molar-refractivity contribution is 5.83. The first kappa shape index (κ1) is 17.7. The molecule has 0 saturated carbocycles. The molecule has 2 aromatic carbocycles. The molecule has 0 atom stereocenters. The van der Waals surface area contributed by atoms with Gasteiger partial charge in [0, 0.05) is 25.2 Å². The van der Waals surface area contributed by atoms with Crippen molar-refractivity contribution in [3.63, 3.8) is 0 Å². The number of benzene rings is 2. The molecule has 3 aromatic rings. The fourth-order valence-corrected chi connectivity index (χ4v) is 2.68. The molecule has 0 unspecified atom stereocenters. The van der Waals surface area contributed by atoms with Gasteiger partial charge in [0.1, 0.15) is 12.4 Å². The SMILES string of the molecule is CN=C(NCCOc1ccc(C)cc1)NCc1ccnc2ccccc12. The normalized spacial score (nSPS) is 11.4. The second-order valence-corrected chi connectivity index (χ2v) is 6.00. The molecule has 0 amide bonds. The van der Waals surface area contributed by atoms with E-state index in [4.69, 9.17) is 4.74 Å². The first-order chi connectivity index (χ1) is 12.8. The lowest BCUT2D eigenvalue weighted by molar-refractivity contribution is 0.322. The molecule has 3 rings (SSSR count). The van der Waals surface area contributed by atoms with E-state index in [1.54, 1.807) is 7.05 Å². The van der Waals surface area contributed by atoms with Crippen molar-refractivity contribution in [2.24, 2.45) is 4.99 Å². The molecule has 0 fully saturated rings. The summed E-state index contributed by atoms with van der Waals surface area (Å²) in [6, 6.07) is 18.2. The second kappa shape index (κ2) is 8.85. The largest absolute Gasteiger partial charge is 0.492 e. The highest BCUT2D eigenvalue weighted by atomic mass is 16.5. The Morgan fingerprint density at radius 2 is 1.85 bits per heavy atom. The van der Waals surface area contributed by atoms with Crippen molar-refractivity contribution in [2.75, 3.05) is 20.2 Å². The number of hydrogen-bond donors (Lipinski definition) is 2. The summed E-state index contributed by atoms with van der Waals surface area (Å²) in [5.41, 5.74) is 3.42. The fraction of sp³-hybridized carbons (Fsp3) is 0.238. The second-order valence-electron chi connectivity index (χ2n) is 6.00. The van der Waals surface area contributed by atoms with Crippen molar-refractivity contribution in [3.8, 4) is 5.75 Å². The Kier molecular flexibility index (Phi) is 6.04. The molecule has 2 N–H and O–H groups in total. The van der Waals surface area contributed by atoms with Gasteiger partial charge < -0.3 is 15.4 Å². The maximum absolute atomic E-state index is 5.72. The standard InChI is InChI=1S/C21H24N4O/c1-16-7-9-18(10-8-16)26-14-13-24-21(22-2)25-15-17-11-12-23-20-6-4-3-5-19(17)20/h3-12H,13-15H2,1-2H3,(H2,22,24,25). The van der Waals surface area contributed by atoms with Gasteiger partial charge in [0.05, 0.1) is 12.1 Å². The van der Waals surface area contributed by atoms with Gasteiger partial charge in [0.15, 0.2) is 5.96 Å². The lowest BCUT2D eigenvalue weighted by atomic mass is 10.1. The molecule has 0 spiro atoms. The summed E-state index contributed by atoms with van der Waals surface area (Å²) >= 11 is 0. The minimum absolute atomic E-state index is 0.571. The number of hydrogen-bond acceptors (Lipinski definition) is 3. The van der Waals surface area contributed by atoms with Gasteiger partial charge in [-0.05, 0) is 36.8 Å². The van der Waals surface area contributed by atoms with Crippen LogP contribution in [0.5, 0.6) is 5.75 Å². The number of para-hydroxylation sites is 1. The third kappa shape index (κ3) is 4.72. The van der Waals surface area contributed by atoms with Crippen molar-refractivity contribution in [1.29, 1.82) is 0 Å². The zero-order chi connectivity index (χ0) is 18.2. The summed E-state index contributed by atoms with van der Waals surface area (Å²) in [4.78, 5) is 8.66. The Morgan fingerprint density at radius 1 is 1.04 bits per heavy atom. The molecule has 1 aromatic heterocycles. The van der Waals surface area contributed by atoms with Gasteiger partial charge in [-0.2, -0.15) is 0 Å². The van der Waals surface area contributed by atoms with Crippen LogP contribution < -0.4 is 15.4 Å². The Morgan fingerprint density at radius 3 is 2.65 bits per heavy atom. The Hall–Kier alpha value is -3.08. The van der Waals surface area contributed by atoms with Crippen molar-refractivity contribution in [3.05, 3.63) is 71.9 Å². The zero-order valence-electron chi connectivity index (χ0n) is 15.2. The van der Waals surface area contributed by atoms with E-state index >= 15 is 0 Å². The van der Waals surface area contributed by atoms with Crippen LogP contribution in [0.3, 0.4) is 0 Å². The van der Waals surface area contributed by atoms with E-state index in [9.17, 15) is 0 Å². The first-order valence-electron chi connectivity index (χ1n) is 8.73. The van der Waals surface area contributed by atoms with Gasteiger partial charge >= 0.3 is 0 Å². The van der Waals surface area contributed by atoms with Gasteiger partial charge in [0.2, 0.25) is 0 Å². The molecule has 1 heterocycles. The van der Waals surface area contributed by atoms with Crippen LogP contribution in [0.4, 0.5) is 0 Å². The van der Waals surface area contributed by atoms with Crippen LogP contribution in [0, 0.1) is 6.92 Å². The van der Waals surface area contributed by atoms with Crippen LogP contribution in [0.15, 0.2) is 65.8 Å². The minimum Gasteiger partial charge on any atom is -0.492 e. The summed E-state index contributed by atoms with van der Waals surface area (Å²) in [5, 5.41) is 7.76. The molecule has 5 heteroatoms. The van der Waals surface area contributed by atoms with E-state index in [2.05, 4.69) is 33.6 Å². The number of aliphatic imine (C=N–C) groups is 1. The monoisotopic (exact) mass is 348 g/mol. The number of pyridine rings is 1. The molecular weight excluding hydrogens is 324 g/mol. The predicted octanol–water partition coefficient (Wildman–Crippen LogP) is 3.29. The zero-order valence-corrected chi connectivity index (χ0v) is 15.2. The number of rotatable bonds is 6. The molecule has 26 heavy (non-hydrogen) atoms. The van der Waals surface area contributed by atoms with Gasteiger partial charge in [-0.25, -0.2) is 0 Å². The molecule has 134 valence electrons. The maximum atomic E-state index is 5.72. The average Bonchev–Trinajstić information content (AvgIpc) is 2.69. The molecule has 0 saturated heterocycles. The van der Waals surface area contributed by atoms with Gasteiger partial charge in [0.25, 0.3) is 0 Å². The van der Waals surface area contributed by atoms with Gasteiger partial charge in [-0.1, -0.05) is 35.9 Å². The third-order valence-electron chi connectivity index (χ3n) is 4.09. The molecule has 0 aliphatic carbocycles. The molecule has 0 bridgehead atoms. The number of guanidine groups is 1. The van der Waals surface area contributed by atoms with Crippen molar-refractivity contribution >= 4 is 16.9 Å². The summed E-state index contributed by atoms with van der Waals surface area (Å²) in [5.74, 6) is 1.63. The Balaban J connectivity index is 1.48. The van der Waals surface area contributed by atoms with Crippen molar-refractivity contribution in [2.45, 2.75) is 13.5 Å². The lowest BCUT2D eigenvalue weighted by Gasteiger charge is -2.13. The third-order valence-corrected chi connectivity index (χ3v) is 4.09. The number of nitrogens with one attached hydrogen (secondary N) is 2. The number of aryl methyl sites for hydroxylation is 1. The molecule has 0 aliphatic heterocycles. The van der Waals surface area contributed by atoms with E-state index in [1.807, 2.05) is 54.7 Å². The molecule has 5 nitrogen and oxygen atoms in total. The van der Waals surface area contributed by atoms with Crippen LogP contribution in [0.25, 0.3) is 10.9 Å². The van der Waals surface area contributed by atoms with Crippen LogP contribution in [-0.4, -0.2) is 31.1 Å². The molecular formula is C21H24N4O. The van der Waals surface area contributed by atoms with E-state index in [0.29, 0.717) is 19.7 Å². The van der Waals surface area contributed by atoms with Crippen LogP contribution in [-0.2, 0) is 6.54 Å². The lowest BCUT2D eigenvalue weighted by Crippen LogP contribution is -2.38. The quantitative estimate of drug-likeness (QED) is 0.408. The van der Waals surface area contributed by atoms with Crippen molar-refractivity contribution in [1.82, 2.24) is 15.6 Å². The van der Waals surface area contributed by atoms with E-state index < -0.39 is 0 Å². The Labute approximate surface area is 154 Å². The predicted molar refractivity (Wildman–Crippen MR) is 107 cm³/mol. The molecule has 0 aliphatic rings.